The van der Waals surface area contributed by atoms with Crippen molar-refractivity contribution in [2.75, 3.05) is 19.6 Å². The van der Waals surface area contributed by atoms with Crippen LogP contribution in [0.1, 0.15) is 29.0 Å². The van der Waals surface area contributed by atoms with E-state index < -0.39 is 0 Å². The fourth-order valence-corrected chi connectivity index (χ4v) is 4.02. The summed E-state index contributed by atoms with van der Waals surface area (Å²) in [7, 11) is 0. The van der Waals surface area contributed by atoms with Crippen molar-refractivity contribution in [1.29, 1.82) is 0 Å². The molecule has 2 aromatic rings. The standard InChI is InChI=1S/C20H26N4S.HI/c1-15(2)12-22-20(21)23-13-18(16-6-4-3-5-7-16)24-10-8-19-17(14-24)9-11-25-19;/h3-7,9,11,18H,1,8,10,12-14H2,2H3,(H3,21,22,23);1H. The van der Waals surface area contributed by atoms with E-state index in [0.29, 0.717) is 19.0 Å². The predicted octanol–water partition coefficient (Wildman–Crippen LogP) is 3.95. The van der Waals surface area contributed by atoms with E-state index in [4.69, 9.17) is 5.73 Å². The minimum atomic E-state index is 0. The molecule has 0 radical (unpaired) electrons. The zero-order valence-corrected chi connectivity index (χ0v) is 18.3. The number of thiophene rings is 1. The van der Waals surface area contributed by atoms with Crippen LogP contribution in [0.3, 0.4) is 0 Å². The van der Waals surface area contributed by atoms with Crippen molar-refractivity contribution in [3.63, 3.8) is 0 Å². The van der Waals surface area contributed by atoms with Gasteiger partial charge in [0.2, 0.25) is 0 Å². The van der Waals surface area contributed by atoms with Crippen molar-refractivity contribution in [3.8, 4) is 0 Å². The summed E-state index contributed by atoms with van der Waals surface area (Å²) in [5, 5.41) is 5.31. The Labute approximate surface area is 177 Å². The highest BCUT2D eigenvalue weighted by Gasteiger charge is 2.25. The Morgan fingerprint density at radius 1 is 1.35 bits per heavy atom. The van der Waals surface area contributed by atoms with Crippen LogP contribution < -0.4 is 11.1 Å². The molecule has 3 rings (SSSR count). The Morgan fingerprint density at radius 2 is 2.12 bits per heavy atom. The number of fused-ring (bicyclic) bond motifs is 1. The first-order valence-corrected chi connectivity index (χ1v) is 9.54. The fraction of sp³-hybridized carbons (Fsp3) is 0.350. The van der Waals surface area contributed by atoms with E-state index >= 15 is 0 Å². The molecule has 1 aromatic heterocycles. The summed E-state index contributed by atoms with van der Waals surface area (Å²) < 4.78 is 0. The van der Waals surface area contributed by atoms with Crippen LogP contribution in [0.4, 0.5) is 0 Å². The monoisotopic (exact) mass is 482 g/mol. The maximum atomic E-state index is 6.02. The summed E-state index contributed by atoms with van der Waals surface area (Å²) in [5.41, 5.74) is 9.80. The normalized spacial score (nSPS) is 15.7. The van der Waals surface area contributed by atoms with Gasteiger partial charge in [-0.3, -0.25) is 9.89 Å². The minimum absolute atomic E-state index is 0. The van der Waals surface area contributed by atoms with E-state index in [2.05, 4.69) is 63.6 Å². The van der Waals surface area contributed by atoms with Crippen LogP contribution in [0.25, 0.3) is 0 Å². The molecule has 3 N–H and O–H groups in total. The third-order valence-electron chi connectivity index (χ3n) is 4.47. The molecular formula is C20H27IN4S. The predicted molar refractivity (Wildman–Crippen MR) is 122 cm³/mol. The fourth-order valence-electron chi connectivity index (χ4n) is 3.13. The van der Waals surface area contributed by atoms with E-state index in [1.165, 1.54) is 16.0 Å². The molecule has 0 fully saturated rings. The number of nitrogens with two attached hydrogens (primary N) is 1. The maximum absolute atomic E-state index is 6.02. The summed E-state index contributed by atoms with van der Waals surface area (Å²) >= 11 is 1.87. The van der Waals surface area contributed by atoms with Gasteiger partial charge in [0, 0.05) is 24.5 Å². The first-order chi connectivity index (χ1) is 12.1. The molecule has 0 amide bonds. The molecule has 0 bridgehead atoms. The molecule has 1 atom stereocenters. The molecule has 140 valence electrons. The molecule has 0 aliphatic carbocycles. The number of nitrogens with one attached hydrogen (secondary N) is 1. The number of rotatable bonds is 6. The lowest BCUT2D eigenvalue weighted by Gasteiger charge is -2.34. The average molecular weight is 482 g/mol. The van der Waals surface area contributed by atoms with Crippen LogP contribution in [0.5, 0.6) is 0 Å². The Morgan fingerprint density at radius 3 is 2.85 bits per heavy atom. The second-order valence-electron chi connectivity index (χ2n) is 6.55. The zero-order chi connectivity index (χ0) is 17.6. The Balaban J connectivity index is 0.00000243. The van der Waals surface area contributed by atoms with E-state index in [0.717, 1.165) is 25.1 Å². The highest BCUT2D eigenvalue weighted by atomic mass is 127. The number of nitrogens with zero attached hydrogens (tertiary/aromatic N) is 2. The van der Waals surface area contributed by atoms with Gasteiger partial charge in [-0.15, -0.1) is 35.3 Å². The van der Waals surface area contributed by atoms with Gasteiger partial charge >= 0.3 is 0 Å². The lowest BCUT2D eigenvalue weighted by Crippen LogP contribution is -2.37. The van der Waals surface area contributed by atoms with Gasteiger partial charge in [0.15, 0.2) is 5.96 Å². The number of benzene rings is 1. The highest BCUT2D eigenvalue weighted by Crippen LogP contribution is 2.30. The Hall–Kier alpha value is -1.38. The first kappa shape index (κ1) is 20.9. The molecule has 26 heavy (non-hydrogen) atoms. The number of hydrogen-bond acceptors (Lipinski definition) is 3. The van der Waals surface area contributed by atoms with Gasteiger partial charge in [-0.05, 0) is 35.9 Å². The van der Waals surface area contributed by atoms with Crippen molar-refractivity contribution < 1.29 is 0 Å². The lowest BCUT2D eigenvalue weighted by atomic mass is 10.0. The summed E-state index contributed by atoms with van der Waals surface area (Å²) in [6.07, 6.45) is 1.11. The highest BCUT2D eigenvalue weighted by molar-refractivity contribution is 14.0. The number of hydrogen-bond donors (Lipinski definition) is 2. The molecule has 0 saturated heterocycles. The van der Waals surface area contributed by atoms with Crippen LogP contribution >= 0.6 is 35.3 Å². The van der Waals surface area contributed by atoms with Crippen LogP contribution in [0.15, 0.2) is 58.9 Å². The van der Waals surface area contributed by atoms with Crippen molar-refractivity contribution in [3.05, 3.63) is 69.9 Å². The molecule has 0 spiro atoms. The molecule has 1 aromatic carbocycles. The first-order valence-electron chi connectivity index (χ1n) is 8.66. The topological polar surface area (TPSA) is 53.6 Å². The molecule has 1 aliphatic rings. The smallest absolute Gasteiger partial charge is 0.188 e. The third-order valence-corrected chi connectivity index (χ3v) is 5.49. The van der Waals surface area contributed by atoms with Crippen LogP contribution in [0, 0.1) is 0 Å². The van der Waals surface area contributed by atoms with Gasteiger partial charge in [-0.1, -0.05) is 42.5 Å². The van der Waals surface area contributed by atoms with E-state index in [-0.39, 0.29) is 30.0 Å². The SMILES string of the molecule is C=C(C)CNC(N)=NCC(c1ccccc1)N1CCc2sccc2C1.I. The van der Waals surface area contributed by atoms with Crippen molar-refractivity contribution in [2.24, 2.45) is 10.7 Å². The van der Waals surface area contributed by atoms with E-state index in [9.17, 15) is 0 Å². The molecule has 6 heteroatoms. The minimum Gasteiger partial charge on any atom is -0.370 e. The summed E-state index contributed by atoms with van der Waals surface area (Å²) in [6.45, 7) is 9.20. The average Bonchev–Trinajstić information content (AvgIpc) is 3.09. The van der Waals surface area contributed by atoms with Gasteiger partial charge in [-0.2, -0.15) is 0 Å². The summed E-state index contributed by atoms with van der Waals surface area (Å²) in [6, 6.07) is 13.1. The zero-order valence-electron chi connectivity index (χ0n) is 15.1. The Kier molecular flexibility index (Phi) is 8.12. The lowest BCUT2D eigenvalue weighted by molar-refractivity contribution is 0.185. The molecule has 1 aliphatic heterocycles. The van der Waals surface area contributed by atoms with E-state index in [1.807, 2.05) is 18.3 Å². The summed E-state index contributed by atoms with van der Waals surface area (Å²) in [4.78, 5) is 8.63. The second-order valence-corrected chi connectivity index (χ2v) is 7.55. The van der Waals surface area contributed by atoms with Crippen molar-refractivity contribution in [1.82, 2.24) is 10.2 Å². The molecule has 1 unspecified atom stereocenters. The quantitative estimate of drug-likeness (QED) is 0.284. The maximum Gasteiger partial charge on any atom is 0.188 e. The molecular weight excluding hydrogens is 455 g/mol. The van der Waals surface area contributed by atoms with Gasteiger partial charge < -0.3 is 11.1 Å². The molecule has 4 nitrogen and oxygen atoms in total. The molecule has 0 saturated carbocycles. The van der Waals surface area contributed by atoms with Crippen LogP contribution in [-0.2, 0) is 13.0 Å². The van der Waals surface area contributed by atoms with Crippen LogP contribution in [0.2, 0.25) is 0 Å². The number of guanidine groups is 1. The Bertz CT molecular complexity index is 741. The third kappa shape index (κ3) is 5.56. The van der Waals surface area contributed by atoms with Crippen LogP contribution in [-0.4, -0.2) is 30.5 Å². The van der Waals surface area contributed by atoms with Gasteiger partial charge in [0.25, 0.3) is 0 Å². The molecule has 2 heterocycles. The number of halogens is 1. The van der Waals surface area contributed by atoms with E-state index in [1.54, 1.807) is 0 Å². The second kappa shape index (κ2) is 10.1. The van der Waals surface area contributed by atoms with Gasteiger partial charge in [0.1, 0.15) is 0 Å². The van der Waals surface area contributed by atoms with Crippen molar-refractivity contribution in [2.45, 2.75) is 25.9 Å². The summed E-state index contributed by atoms with van der Waals surface area (Å²) in [5.74, 6) is 0.483. The van der Waals surface area contributed by atoms with Gasteiger partial charge in [0.05, 0.1) is 12.6 Å². The largest absolute Gasteiger partial charge is 0.370 e. The van der Waals surface area contributed by atoms with Gasteiger partial charge in [-0.25, -0.2) is 0 Å². The van der Waals surface area contributed by atoms with Crippen molar-refractivity contribution >= 4 is 41.3 Å². The number of aliphatic imine (C=N–C) groups is 1.